The Kier molecular flexibility index (Phi) is 4.35. The van der Waals surface area contributed by atoms with Crippen LogP contribution < -0.4 is 10.6 Å². The monoisotopic (exact) mass is 270 g/mol. The van der Waals surface area contributed by atoms with Gasteiger partial charge in [-0.2, -0.15) is 5.26 Å². The highest BCUT2D eigenvalue weighted by Crippen LogP contribution is 2.06. The van der Waals surface area contributed by atoms with Gasteiger partial charge in [0.1, 0.15) is 29.4 Å². The van der Waals surface area contributed by atoms with E-state index in [-0.39, 0.29) is 5.91 Å². The number of hydrogen-bond donors (Lipinski definition) is 2. The maximum absolute atomic E-state index is 11.9. The molecule has 0 fully saturated rings. The van der Waals surface area contributed by atoms with Gasteiger partial charge in [0.2, 0.25) is 5.91 Å². The summed E-state index contributed by atoms with van der Waals surface area (Å²) in [7, 11) is 0. The number of carbonyl (C=O) groups excluding carboxylic acids is 1. The highest BCUT2D eigenvalue weighted by Gasteiger charge is 2.13. The summed E-state index contributed by atoms with van der Waals surface area (Å²) in [5.41, 5.74) is 0.304. The van der Waals surface area contributed by atoms with E-state index in [1.165, 1.54) is 0 Å². The lowest BCUT2D eigenvalue weighted by molar-refractivity contribution is -0.121. The van der Waals surface area contributed by atoms with E-state index < -0.39 is 6.04 Å². The number of amides is 1. The van der Waals surface area contributed by atoms with Crippen LogP contribution in [0, 0.1) is 11.3 Å². The molecule has 20 heavy (non-hydrogen) atoms. The second-order valence-corrected chi connectivity index (χ2v) is 4.18. The SMILES string of the molecule is CC(Nc1cccc(C#N)n1)C(=O)NCc1ccco1. The van der Waals surface area contributed by atoms with Crippen molar-refractivity contribution in [1.82, 2.24) is 10.3 Å². The minimum absolute atomic E-state index is 0.175. The molecule has 6 nitrogen and oxygen atoms in total. The Morgan fingerprint density at radius 3 is 3.00 bits per heavy atom. The van der Waals surface area contributed by atoms with Gasteiger partial charge in [-0.1, -0.05) is 6.07 Å². The average molecular weight is 270 g/mol. The number of nitrogens with zero attached hydrogens (tertiary/aromatic N) is 2. The molecule has 2 heterocycles. The molecular weight excluding hydrogens is 256 g/mol. The zero-order chi connectivity index (χ0) is 14.4. The van der Waals surface area contributed by atoms with Crippen molar-refractivity contribution in [2.24, 2.45) is 0 Å². The van der Waals surface area contributed by atoms with E-state index in [2.05, 4.69) is 15.6 Å². The van der Waals surface area contributed by atoms with E-state index in [0.717, 1.165) is 0 Å². The van der Waals surface area contributed by atoms with Gasteiger partial charge < -0.3 is 15.1 Å². The second kappa shape index (κ2) is 6.38. The molecule has 2 rings (SSSR count). The summed E-state index contributed by atoms with van der Waals surface area (Å²) in [5, 5.41) is 14.5. The lowest BCUT2D eigenvalue weighted by Crippen LogP contribution is -2.37. The minimum atomic E-state index is -0.466. The summed E-state index contributed by atoms with van der Waals surface area (Å²) < 4.78 is 5.13. The Morgan fingerprint density at radius 2 is 2.30 bits per heavy atom. The molecule has 0 saturated carbocycles. The molecule has 2 aromatic heterocycles. The van der Waals surface area contributed by atoms with Crippen LogP contribution in [0.2, 0.25) is 0 Å². The molecule has 0 saturated heterocycles. The second-order valence-electron chi connectivity index (χ2n) is 4.18. The Morgan fingerprint density at radius 1 is 1.45 bits per heavy atom. The minimum Gasteiger partial charge on any atom is -0.467 e. The summed E-state index contributed by atoms with van der Waals surface area (Å²) in [4.78, 5) is 15.9. The molecule has 2 aromatic rings. The van der Waals surface area contributed by atoms with Gasteiger partial charge in [0.05, 0.1) is 12.8 Å². The molecule has 0 aromatic carbocycles. The fourth-order valence-electron chi connectivity index (χ4n) is 1.61. The van der Waals surface area contributed by atoms with Crippen LogP contribution in [0.15, 0.2) is 41.0 Å². The molecule has 0 aliphatic carbocycles. The van der Waals surface area contributed by atoms with E-state index in [1.54, 1.807) is 43.5 Å². The number of carbonyl (C=O) groups is 1. The summed E-state index contributed by atoms with van der Waals surface area (Å²) in [6.45, 7) is 2.06. The van der Waals surface area contributed by atoms with Crippen LogP contribution in [0.5, 0.6) is 0 Å². The van der Waals surface area contributed by atoms with Gasteiger partial charge in [-0.25, -0.2) is 4.98 Å². The molecule has 0 bridgehead atoms. The molecule has 6 heteroatoms. The lowest BCUT2D eigenvalue weighted by atomic mass is 10.3. The molecule has 1 atom stereocenters. The van der Waals surface area contributed by atoms with Gasteiger partial charge >= 0.3 is 0 Å². The van der Waals surface area contributed by atoms with E-state index in [0.29, 0.717) is 23.8 Å². The lowest BCUT2D eigenvalue weighted by Gasteiger charge is -2.14. The number of anilines is 1. The quantitative estimate of drug-likeness (QED) is 0.862. The number of nitriles is 1. The Bertz CT molecular complexity index is 616. The summed E-state index contributed by atoms with van der Waals surface area (Å²) in [5.74, 6) is 1.01. The van der Waals surface area contributed by atoms with Gasteiger partial charge in [-0.3, -0.25) is 4.79 Å². The van der Waals surface area contributed by atoms with Gasteiger partial charge in [0, 0.05) is 0 Å². The molecule has 0 aliphatic rings. The van der Waals surface area contributed by atoms with Crippen LogP contribution in [0.1, 0.15) is 18.4 Å². The largest absolute Gasteiger partial charge is 0.467 e. The van der Waals surface area contributed by atoms with Crippen molar-refractivity contribution in [2.45, 2.75) is 19.5 Å². The summed E-state index contributed by atoms with van der Waals surface area (Å²) in [6, 6.07) is 10.1. The molecule has 102 valence electrons. The fraction of sp³-hybridized carbons (Fsp3) is 0.214. The third-order valence-electron chi connectivity index (χ3n) is 2.64. The van der Waals surface area contributed by atoms with Crippen LogP contribution in [0.3, 0.4) is 0 Å². The number of rotatable bonds is 5. The third kappa shape index (κ3) is 3.59. The molecule has 2 N–H and O–H groups in total. The van der Waals surface area contributed by atoms with Gasteiger partial charge in [-0.15, -0.1) is 0 Å². The Balaban J connectivity index is 1.88. The van der Waals surface area contributed by atoms with E-state index in [1.807, 2.05) is 6.07 Å². The Labute approximate surface area is 116 Å². The van der Waals surface area contributed by atoms with E-state index in [9.17, 15) is 4.79 Å². The predicted octanol–water partition coefficient (Wildman–Crippen LogP) is 1.66. The van der Waals surface area contributed by atoms with Crippen LogP contribution in [-0.2, 0) is 11.3 Å². The van der Waals surface area contributed by atoms with Crippen molar-refractivity contribution in [3.05, 3.63) is 48.0 Å². The van der Waals surface area contributed by atoms with Gasteiger partial charge in [-0.05, 0) is 31.2 Å². The van der Waals surface area contributed by atoms with Crippen molar-refractivity contribution >= 4 is 11.7 Å². The van der Waals surface area contributed by atoms with Crippen LogP contribution >= 0.6 is 0 Å². The summed E-state index contributed by atoms with van der Waals surface area (Å²) >= 11 is 0. The first-order valence-corrected chi connectivity index (χ1v) is 6.13. The zero-order valence-corrected chi connectivity index (χ0v) is 11.0. The number of furan rings is 1. The number of hydrogen-bond acceptors (Lipinski definition) is 5. The highest BCUT2D eigenvalue weighted by molar-refractivity contribution is 5.83. The highest BCUT2D eigenvalue weighted by atomic mass is 16.3. The fourth-order valence-corrected chi connectivity index (χ4v) is 1.61. The van der Waals surface area contributed by atoms with Crippen molar-refractivity contribution in [3.8, 4) is 6.07 Å². The van der Waals surface area contributed by atoms with Crippen LogP contribution in [0.25, 0.3) is 0 Å². The maximum atomic E-state index is 11.9. The number of pyridine rings is 1. The smallest absolute Gasteiger partial charge is 0.242 e. The standard InChI is InChI=1S/C14H14N4O2/c1-10(14(19)16-9-12-5-3-7-20-12)17-13-6-2-4-11(8-15)18-13/h2-7,10H,9H2,1H3,(H,16,19)(H,17,18). The van der Waals surface area contributed by atoms with Gasteiger partial charge in [0.25, 0.3) is 0 Å². The van der Waals surface area contributed by atoms with Crippen molar-refractivity contribution < 1.29 is 9.21 Å². The molecule has 0 spiro atoms. The number of nitrogens with one attached hydrogen (secondary N) is 2. The molecule has 1 unspecified atom stereocenters. The normalized spacial score (nSPS) is 11.4. The van der Waals surface area contributed by atoms with Crippen LogP contribution in [-0.4, -0.2) is 16.9 Å². The van der Waals surface area contributed by atoms with E-state index >= 15 is 0 Å². The van der Waals surface area contributed by atoms with Crippen molar-refractivity contribution in [2.75, 3.05) is 5.32 Å². The summed E-state index contributed by atoms with van der Waals surface area (Å²) in [6.07, 6.45) is 1.56. The van der Waals surface area contributed by atoms with Crippen molar-refractivity contribution in [1.29, 1.82) is 5.26 Å². The first-order valence-electron chi connectivity index (χ1n) is 6.13. The zero-order valence-electron chi connectivity index (χ0n) is 11.0. The van der Waals surface area contributed by atoms with Crippen molar-refractivity contribution in [3.63, 3.8) is 0 Å². The average Bonchev–Trinajstić information content (AvgIpc) is 2.98. The molecule has 1 amide bonds. The molecule has 0 radical (unpaired) electrons. The van der Waals surface area contributed by atoms with Gasteiger partial charge in [0.15, 0.2) is 0 Å². The Hall–Kier alpha value is -2.81. The third-order valence-corrected chi connectivity index (χ3v) is 2.64. The molecule has 0 aliphatic heterocycles. The predicted molar refractivity (Wildman–Crippen MR) is 72.6 cm³/mol. The topological polar surface area (TPSA) is 91.0 Å². The first-order chi connectivity index (χ1) is 9.69. The first kappa shape index (κ1) is 13.6. The maximum Gasteiger partial charge on any atom is 0.242 e. The van der Waals surface area contributed by atoms with Crippen LogP contribution in [0.4, 0.5) is 5.82 Å². The van der Waals surface area contributed by atoms with E-state index in [4.69, 9.17) is 9.68 Å². The number of aromatic nitrogens is 1. The molecular formula is C14H14N4O2.